The number of nitrogens with zero attached hydrogens (tertiary/aromatic N) is 1. The molecule has 0 unspecified atom stereocenters. The van der Waals surface area contributed by atoms with E-state index in [0.717, 1.165) is 33.9 Å². The van der Waals surface area contributed by atoms with Crippen molar-refractivity contribution >= 4 is 34.9 Å². The lowest BCUT2D eigenvalue weighted by Gasteiger charge is -2.13. The van der Waals surface area contributed by atoms with E-state index in [1.807, 2.05) is 31.2 Å². The number of thioether (sulfide) groups is 1. The zero-order valence-electron chi connectivity index (χ0n) is 15.5. The van der Waals surface area contributed by atoms with Crippen molar-refractivity contribution in [1.82, 2.24) is 10.2 Å². The summed E-state index contributed by atoms with van der Waals surface area (Å²) >= 11 is 0.876. The molecule has 0 aromatic heterocycles. The number of rotatable bonds is 5. The molecule has 1 aliphatic rings. The van der Waals surface area contributed by atoms with Crippen LogP contribution in [0.2, 0.25) is 0 Å². The molecule has 0 aliphatic carbocycles. The third-order valence-electron chi connectivity index (χ3n) is 4.30. The van der Waals surface area contributed by atoms with Crippen molar-refractivity contribution in [2.75, 3.05) is 13.1 Å². The van der Waals surface area contributed by atoms with Crippen LogP contribution in [0.15, 0.2) is 47.4 Å². The molecule has 1 saturated heterocycles. The molecule has 144 valence electrons. The number of benzene rings is 2. The molecule has 1 fully saturated rings. The Kier molecular flexibility index (Phi) is 5.94. The lowest BCUT2D eigenvalue weighted by Crippen LogP contribution is -2.37. The van der Waals surface area contributed by atoms with Gasteiger partial charge in [0, 0.05) is 18.7 Å². The number of aryl methyl sites for hydroxylation is 2. The van der Waals surface area contributed by atoms with Crippen LogP contribution < -0.4 is 5.32 Å². The van der Waals surface area contributed by atoms with Gasteiger partial charge in [-0.25, -0.2) is 4.39 Å². The first-order valence-electron chi connectivity index (χ1n) is 8.71. The summed E-state index contributed by atoms with van der Waals surface area (Å²) in [6, 6.07) is 11.8. The molecule has 2 aromatic rings. The topological polar surface area (TPSA) is 66.5 Å². The maximum absolute atomic E-state index is 13.6. The minimum absolute atomic E-state index is 0.0516. The molecule has 5 nitrogen and oxygen atoms in total. The standard InChI is InChI=1S/C21H19FN2O3S/c1-13-3-6-15(7-4-13)11-18-20(26)24(21(27)28-18)10-9-23-19(25)16-8-5-14(2)17(22)12-16/h3-8,11-12H,9-10H2,1-2H3,(H,23,25)/b18-11-. The van der Waals surface area contributed by atoms with Crippen molar-refractivity contribution in [1.29, 1.82) is 0 Å². The Hall–Kier alpha value is -2.93. The second-order valence-electron chi connectivity index (χ2n) is 6.46. The summed E-state index contributed by atoms with van der Waals surface area (Å²) in [7, 11) is 0. The Bertz CT molecular complexity index is 970. The lowest BCUT2D eigenvalue weighted by molar-refractivity contribution is -0.122. The number of carbonyl (C=O) groups is 3. The van der Waals surface area contributed by atoms with E-state index in [0.29, 0.717) is 10.5 Å². The number of amides is 3. The zero-order chi connectivity index (χ0) is 20.3. The van der Waals surface area contributed by atoms with E-state index in [1.165, 1.54) is 12.1 Å². The van der Waals surface area contributed by atoms with Crippen LogP contribution in [0.5, 0.6) is 0 Å². The van der Waals surface area contributed by atoms with Gasteiger partial charge in [-0.2, -0.15) is 0 Å². The van der Waals surface area contributed by atoms with Crippen LogP contribution >= 0.6 is 11.8 Å². The molecule has 7 heteroatoms. The number of nitrogens with one attached hydrogen (secondary N) is 1. The van der Waals surface area contributed by atoms with Crippen molar-refractivity contribution in [3.05, 3.63) is 75.4 Å². The van der Waals surface area contributed by atoms with Crippen LogP contribution in [-0.2, 0) is 4.79 Å². The van der Waals surface area contributed by atoms with E-state index in [-0.39, 0.29) is 29.8 Å². The largest absolute Gasteiger partial charge is 0.350 e. The molecule has 28 heavy (non-hydrogen) atoms. The van der Waals surface area contributed by atoms with Gasteiger partial charge in [0.05, 0.1) is 4.91 Å². The number of hydrogen-bond donors (Lipinski definition) is 1. The van der Waals surface area contributed by atoms with Crippen molar-refractivity contribution in [3.8, 4) is 0 Å². The highest BCUT2D eigenvalue weighted by atomic mass is 32.2. The summed E-state index contributed by atoms with van der Waals surface area (Å²) in [6.07, 6.45) is 1.68. The fourth-order valence-corrected chi connectivity index (χ4v) is 3.49. The van der Waals surface area contributed by atoms with Gasteiger partial charge >= 0.3 is 0 Å². The van der Waals surface area contributed by atoms with Crippen LogP contribution in [0.1, 0.15) is 27.0 Å². The highest BCUT2D eigenvalue weighted by molar-refractivity contribution is 8.18. The fraction of sp³-hybridized carbons (Fsp3) is 0.190. The van der Waals surface area contributed by atoms with Crippen LogP contribution in [-0.4, -0.2) is 35.0 Å². The highest BCUT2D eigenvalue weighted by Gasteiger charge is 2.34. The van der Waals surface area contributed by atoms with E-state index >= 15 is 0 Å². The molecular formula is C21H19FN2O3S. The van der Waals surface area contributed by atoms with Crippen molar-refractivity contribution < 1.29 is 18.8 Å². The Morgan fingerprint density at radius 2 is 1.86 bits per heavy atom. The highest BCUT2D eigenvalue weighted by Crippen LogP contribution is 2.31. The van der Waals surface area contributed by atoms with Crippen molar-refractivity contribution in [2.24, 2.45) is 0 Å². The van der Waals surface area contributed by atoms with Crippen LogP contribution in [0.4, 0.5) is 9.18 Å². The molecule has 0 spiro atoms. The predicted octanol–water partition coefficient (Wildman–Crippen LogP) is 3.91. The summed E-state index contributed by atoms with van der Waals surface area (Å²) < 4.78 is 13.6. The van der Waals surface area contributed by atoms with Gasteiger partial charge in [-0.15, -0.1) is 0 Å². The van der Waals surface area contributed by atoms with Gasteiger partial charge in [-0.3, -0.25) is 19.3 Å². The monoisotopic (exact) mass is 398 g/mol. The third-order valence-corrected chi connectivity index (χ3v) is 5.21. The van der Waals surface area contributed by atoms with Crippen molar-refractivity contribution in [2.45, 2.75) is 13.8 Å². The lowest BCUT2D eigenvalue weighted by atomic mass is 10.1. The van der Waals surface area contributed by atoms with Gasteiger partial charge in [0.2, 0.25) is 0 Å². The fourth-order valence-electron chi connectivity index (χ4n) is 2.62. The van der Waals surface area contributed by atoms with E-state index in [1.54, 1.807) is 13.0 Å². The molecule has 0 bridgehead atoms. The third kappa shape index (κ3) is 4.48. The Morgan fingerprint density at radius 3 is 2.54 bits per heavy atom. The number of hydrogen-bond acceptors (Lipinski definition) is 4. The first kappa shape index (κ1) is 19.8. The zero-order valence-corrected chi connectivity index (χ0v) is 16.3. The average molecular weight is 398 g/mol. The van der Waals surface area contributed by atoms with Gasteiger partial charge in [0.25, 0.3) is 17.1 Å². The molecule has 0 atom stereocenters. The van der Waals surface area contributed by atoms with Gasteiger partial charge < -0.3 is 5.32 Å². The Labute approximate surface area is 166 Å². The summed E-state index contributed by atoms with van der Waals surface area (Å²) in [4.78, 5) is 38.1. The molecule has 3 rings (SSSR count). The van der Waals surface area contributed by atoms with Crippen LogP contribution in [0.3, 0.4) is 0 Å². The van der Waals surface area contributed by atoms with Crippen LogP contribution in [0, 0.1) is 19.7 Å². The number of halogens is 1. The normalized spacial score (nSPS) is 15.4. The SMILES string of the molecule is Cc1ccc(/C=C2\SC(=O)N(CCNC(=O)c3ccc(C)c(F)c3)C2=O)cc1. The second kappa shape index (κ2) is 8.39. The van der Waals surface area contributed by atoms with E-state index in [2.05, 4.69) is 5.32 Å². The van der Waals surface area contributed by atoms with Gasteiger partial charge in [-0.05, 0) is 54.9 Å². The average Bonchev–Trinajstić information content (AvgIpc) is 2.93. The Balaban J connectivity index is 1.59. The first-order valence-corrected chi connectivity index (χ1v) is 9.53. The summed E-state index contributed by atoms with van der Waals surface area (Å²) in [5.74, 6) is -1.30. The summed E-state index contributed by atoms with van der Waals surface area (Å²) in [5.41, 5.74) is 2.59. The van der Waals surface area contributed by atoms with E-state index in [4.69, 9.17) is 0 Å². The smallest absolute Gasteiger partial charge is 0.293 e. The van der Waals surface area contributed by atoms with Gasteiger partial charge in [-0.1, -0.05) is 35.9 Å². The van der Waals surface area contributed by atoms with E-state index < -0.39 is 11.7 Å². The molecule has 0 saturated carbocycles. The molecule has 1 heterocycles. The number of imide groups is 1. The summed E-state index contributed by atoms with van der Waals surface area (Å²) in [5, 5.41) is 2.23. The van der Waals surface area contributed by atoms with Crippen molar-refractivity contribution in [3.63, 3.8) is 0 Å². The van der Waals surface area contributed by atoms with E-state index in [9.17, 15) is 18.8 Å². The second-order valence-corrected chi connectivity index (χ2v) is 7.46. The molecule has 0 radical (unpaired) electrons. The molecule has 1 N–H and O–H groups in total. The quantitative estimate of drug-likeness (QED) is 0.776. The van der Waals surface area contributed by atoms with Crippen LogP contribution in [0.25, 0.3) is 6.08 Å². The van der Waals surface area contributed by atoms with Gasteiger partial charge in [0.1, 0.15) is 5.82 Å². The molecular weight excluding hydrogens is 379 g/mol. The summed E-state index contributed by atoms with van der Waals surface area (Å²) in [6.45, 7) is 3.72. The minimum atomic E-state index is -0.458. The minimum Gasteiger partial charge on any atom is -0.350 e. The Morgan fingerprint density at radius 1 is 1.14 bits per heavy atom. The molecule has 2 aromatic carbocycles. The first-order chi connectivity index (χ1) is 13.3. The van der Waals surface area contributed by atoms with Gasteiger partial charge in [0.15, 0.2) is 0 Å². The molecule has 3 amide bonds. The number of carbonyl (C=O) groups excluding carboxylic acids is 3. The maximum Gasteiger partial charge on any atom is 0.293 e. The predicted molar refractivity (Wildman–Crippen MR) is 107 cm³/mol. The molecule has 1 aliphatic heterocycles. The maximum atomic E-state index is 13.6.